The maximum Gasteiger partial charge on any atom is 0.292 e. The number of carbonyl (C=O) groups is 2. The zero-order chi connectivity index (χ0) is 15.5. The van der Waals surface area contributed by atoms with Gasteiger partial charge in [-0.1, -0.05) is 30.3 Å². The lowest BCUT2D eigenvalue weighted by Gasteiger charge is -2.24. The van der Waals surface area contributed by atoms with E-state index >= 15 is 0 Å². The van der Waals surface area contributed by atoms with Crippen LogP contribution in [0.25, 0.3) is 0 Å². The number of hydrogen-bond donors (Lipinski definition) is 2. The Morgan fingerprint density at radius 3 is 2.73 bits per heavy atom. The Bertz CT molecular complexity index is 709. The summed E-state index contributed by atoms with van der Waals surface area (Å²) in [5.74, 6) is -0.400. The van der Waals surface area contributed by atoms with Crippen molar-refractivity contribution in [3.63, 3.8) is 0 Å². The van der Waals surface area contributed by atoms with Crippen LogP contribution < -0.4 is 11.2 Å². The van der Waals surface area contributed by atoms with Crippen LogP contribution in [-0.2, 0) is 4.79 Å². The summed E-state index contributed by atoms with van der Waals surface area (Å²) in [6.45, 7) is 0. The van der Waals surface area contributed by atoms with Gasteiger partial charge in [-0.2, -0.15) is 0 Å². The molecule has 0 aliphatic carbocycles. The first-order chi connectivity index (χ1) is 10.7. The summed E-state index contributed by atoms with van der Waals surface area (Å²) in [4.78, 5) is 32.0. The maximum atomic E-state index is 12.2. The van der Waals surface area contributed by atoms with Gasteiger partial charge in [0, 0.05) is 12.4 Å². The lowest BCUT2D eigenvalue weighted by Crippen LogP contribution is -2.45. The summed E-state index contributed by atoms with van der Waals surface area (Å²) in [7, 11) is 0. The first-order valence-corrected chi connectivity index (χ1v) is 7.58. The lowest BCUT2D eigenvalue weighted by atomic mass is 10.2. The van der Waals surface area contributed by atoms with Gasteiger partial charge in [0.1, 0.15) is 5.37 Å². The lowest BCUT2D eigenvalue weighted by molar-refractivity contribution is -0.130. The van der Waals surface area contributed by atoms with Crippen LogP contribution in [0.4, 0.5) is 5.82 Å². The molecule has 22 heavy (non-hydrogen) atoms. The van der Waals surface area contributed by atoms with Gasteiger partial charge < -0.3 is 5.73 Å². The highest BCUT2D eigenvalue weighted by molar-refractivity contribution is 8.00. The topological polar surface area (TPSA) is 101 Å². The molecule has 1 aliphatic heterocycles. The van der Waals surface area contributed by atoms with Gasteiger partial charge in [-0.25, -0.2) is 15.0 Å². The number of nitrogens with two attached hydrogens (primary N) is 1. The smallest absolute Gasteiger partial charge is 0.292 e. The van der Waals surface area contributed by atoms with Crippen molar-refractivity contribution in [2.45, 2.75) is 5.37 Å². The van der Waals surface area contributed by atoms with Gasteiger partial charge in [0.25, 0.3) is 11.8 Å². The zero-order valence-corrected chi connectivity index (χ0v) is 12.3. The average Bonchev–Trinajstić information content (AvgIpc) is 2.89. The van der Waals surface area contributed by atoms with Crippen molar-refractivity contribution >= 4 is 29.4 Å². The van der Waals surface area contributed by atoms with Gasteiger partial charge in [-0.05, 0) is 5.56 Å². The van der Waals surface area contributed by atoms with Crippen LogP contribution in [0.2, 0.25) is 0 Å². The summed E-state index contributed by atoms with van der Waals surface area (Å²) in [5, 5.41) is 1.05. The van der Waals surface area contributed by atoms with E-state index in [0.717, 1.165) is 5.56 Å². The molecule has 1 aromatic carbocycles. The number of amides is 2. The number of hydrogen-bond acceptors (Lipinski definition) is 6. The minimum absolute atomic E-state index is 0.000915. The molecule has 1 fully saturated rings. The third-order valence-electron chi connectivity index (χ3n) is 3.12. The van der Waals surface area contributed by atoms with Crippen LogP contribution in [0.5, 0.6) is 0 Å². The van der Waals surface area contributed by atoms with Gasteiger partial charge >= 0.3 is 0 Å². The van der Waals surface area contributed by atoms with Crippen LogP contribution in [0.15, 0.2) is 42.7 Å². The zero-order valence-electron chi connectivity index (χ0n) is 11.5. The van der Waals surface area contributed by atoms with Crippen molar-refractivity contribution in [1.82, 2.24) is 20.4 Å². The molecule has 3 rings (SSSR count). The molecule has 1 aromatic heterocycles. The van der Waals surface area contributed by atoms with Crippen LogP contribution in [0.1, 0.15) is 21.4 Å². The second-order valence-corrected chi connectivity index (χ2v) is 5.64. The largest absolute Gasteiger partial charge is 0.382 e. The molecule has 1 atom stereocenters. The molecule has 2 heterocycles. The first kappa shape index (κ1) is 14.3. The van der Waals surface area contributed by atoms with Gasteiger partial charge in [0.05, 0.1) is 5.75 Å². The van der Waals surface area contributed by atoms with Crippen molar-refractivity contribution in [2.24, 2.45) is 0 Å². The molecule has 3 N–H and O–H groups in total. The predicted octanol–water partition coefficient (Wildman–Crippen LogP) is 0.978. The van der Waals surface area contributed by atoms with Crippen molar-refractivity contribution in [2.75, 3.05) is 11.5 Å². The van der Waals surface area contributed by atoms with E-state index in [1.165, 1.54) is 29.2 Å². The Hall–Kier alpha value is -2.61. The quantitative estimate of drug-likeness (QED) is 0.875. The fraction of sp³-hybridized carbons (Fsp3) is 0.143. The molecule has 1 saturated heterocycles. The molecule has 2 amide bonds. The van der Waals surface area contributed by atoms with E-state index in [-0.39, 0.29) is 22.8 Å². The molecule has 0 saturated carbocycles. The Morgan fingerprint density at radius 2 is 2.00 bits per heavy atom. The Morgan fingerprint density at radius 1 is 1.27 bits per heavy atom. The standard InChI is InChI=1S/C14H13N5O2S/c15-12-11(16-6-7-17-12)13(21)18-19-10(20)8-22-14(19)9-4-2-1-3-5-9/h1-7,14H,8H2,(H2,15,17)(H,18,21). The molecule has 0 radical (unpaired) electrons. The normalized spacial score (nSPS) is 17.5. The number of rotatable bonds is 3. The molecular weight excluding hydrogens is 302 g/mol. The Labute approximate surface area is 130 Å². The van der Waals surface area contributed by atoms with E-state index in [9.17, 15) is 9.59 Å². The molecule has 1 unspecified atom stereocenters. The molecule has 112 valence electrons. The maximum absolute atomic E-state index is 12.2. The van der Waals surface area contributed by atoms with Crippen LogP contribution >= 0.6 is 11.8 Å². The molecular formula is C14H13N5O2S. The van der Waals surface area contributed by atoms with Crippen molar-refractivity contribution in [3.05, 3.63) is 54.0 Å². The SMILES string of the molecule is Nc1nccnc1C(=O)NN1C(=O)CSC1c1ccccc1. The summed E-state index contributed by atoms with van der Waals surface area (Å²) < 4.78 is 0. The van der Waals surface area contributed by atoms with Crippen LogP contribution in [0, 0.1) is 0 Å². The van der Waals surface area contributed by atoms with Crippen LogP contribution in [-0.4, -0.2) is 32.5 Å². The number of anilines is 1. The van der Waals surface area contributed by atoms with E-state index < -0.39 is 5.91 Å². The van der Waals surface area contributed by atoms with Gasteiger partial charge in [0.15, 0.2) is 11.5 Å². The van der Waals surface area contributed by atoms with Crippen LogP contribution in [0.3, 0.4) is 0 Å². The van der Waals surface area contributed by atoms with E-state index in [1.54, 1.807) is 0 Å². The number of carbonyl (C=O) groups excluding carboxylic acids is 2. The molecule has 0 bridgehead atoms. The first-order valence-electron chi connectivity index (χ1n) is 6.53. The fourth-order valence-electron chi connectivity index (χ4n) is 2.10. The molecule has 1 aliphatic rings. The summed E-state index contributed by atoms with van der Waals surface area (Å²) >= 11 is 1.45. The summed E-state index contributed by atoms with van der Waals surface area (Å²) in [6.07, 6.45) is 2.77. The molecule has 8 heteroatoms. The number of hydrazine groups is 1. The van der Waals surface area contributed by atoms with E-state index in [2.05, 4.69) is 15.4 Å². The van der Waals surface area contributed by atoms with Crippen molar-refractivity contribution in [1.29, 1.82) is 0 Å². The Kier molecular flexibility index (Phi) is 3.92. The molecule has 0 spiro atoms. The minimum Gasteiger partial charge on any atom is -0.382 e. The Balaban J connectivity index is 1.82. The number of nitrogen functional groups attached to an aromatic ring is 1. The predicted molar refractivity (Wildman–Crippen MR) is 82.4 cm³/mol. The van der Waals surface area contributed by atoms with Gasteiger partial charge in [-0.15, -0.1) is 11.8 Å². The van der Waals surface area contributed by atoms with Crippen molar-refractivity contribution in [3.8, 4) is 0 Å². The second kappa shape index (κ2) is 6.02. The van der Waals surface area contributed by atoms with E-state index in [0.29, 0.717) is 5.75 Å². The number of thioether (sulfide) groups is 1. The average molecular weight is 315 g/mol. The summed E-state index contributed by atoms with van der Waals surface area (Å²) in [6, 6.07) is 9.49. The molecule has 2 aromatic rings. The minimum atomic E-state index is -0.553. The number of nitrogens with one attached hydrogen (secondary N) is 1. The number of benzene rings is 1. The fourth-order valence-corrected chi connectivity index (χ4v) is 3.20. The van der Waals surface area contributed by atoms with Gasteiger partial charge in [-0.3, -0.25) is 15.0 Å². The monoisotopic (exact) mass is 315 g/mol. The van der Waals surface area contributed by atoms with E-state index in [4.69, 9.17) is 5.73 Å². The van der Waals surface area contributed by atoms with Gasteiger partial charge in [0.2, 0.25) is 0 Å². The third-order valence-corrected chi connectivity index (χ3v) is 4.33. The highest BCUT2D eigenvalue weighted by Crippen LogP contribution is 2.37. The van der Waals surface area contributed by atoms with Crippen molar-refractivity contribution < 1.29 is 9.59 Å². The summed E-state index contributed by atoms with van der Waals surface area (Å²) in [5.41, 5.74) is 9.14. The van der Waals surface area contributed by atoms with E-state index in [1.807, 2.05) is 30.3 Å². The number of aromatic nitrogens is 2. The number of nitrogens with zero attached hydrogens (tertiary/aromatic N) is 3. The third kappa shape index (κ3) is 2.73. The highest BCUT2D eigenvalue weighted by Gasteiger charge is 2.34. The second-order valence-electron chi connectivity index (χ2n) is 4.57. The highest BCUT2D eigenvalue weighted by atomic mass is 32.2. The molecule has 7 nitrogen and oxygen atoms in total.